The van der Waals surface area contributed by atoms with Crippen molar-refractivity contribution in [2.75, 3.05) is 38.0 Å². The van der Waals surface area contributed by atoms with Gasteiger partial charge in [-0.1, -0.05) is 49.4 Å². The molecule has 1 saturated heterocycles. The monoisotopic (exact) mass is 479 g/mol. The van der Waals surface area contributed by atoms with Crippen molar-refractivity contribution < 1.29 is 0 Å². The Balaban J connectivity index is 0.00000261. The summed E-state index contributed by atoms with van der Waals surface area (Å²) in [6.45, 7) is 9.67. The molecule has 0 amide bonds. The highest BCUT2D eigenvalue weighted by atomic mass is 127. The minimum atomic E-state index is 0. The lowest BCUT2D eigenvalue weighted by Crippen LogP contribution is -2.45. The van der Waals surface area contributed by atoms with E-state index in [4.69, 9.17) is 5.73 Å². The molecule has 2 aromatic carbocycles. The molecule has 27 heavy (non-hydrogen) atoms. The normalized spacial score (nSPS) is 16.0. The third-order valence-electron chi connectivity index (χ3n) is 4.82. The molecule has 1 aliphatic heterocycles. The average Bonchev–Trinajstić information content (AvgIpc) is 2.69. The fourth-order valence-corrected chi connectivity index (χ4v) is 3.16. The van der Waals surface area contributed by atoms with Gasteiger partial charge in [0.1, 0.15) is 0 Å². The molecule has 0 aromatic heterocycles. The molecule has 0 saturated carbocycles. The maximum atomic E-state index is 5.96. The molecule has 1 aliphatic rings. The first-order chi connectivity index (χ1) is 12.7. The molecular weight excluding hydrogens is 449 g/mol. The number of nitrogens with zero attached hydrogens (tertiary/aromatic N) is 3. The molecule has 2 aromatic rings. The summed E-state index contributed by atoms with van der Waals surface area (Å²) in [5, 5.41) is 3.10. The summed E-state index contributed by atoms with van der Waals surface area (Å²) in [6.07, 6.45) is 0. The molecule has 6 heteroatoms. The Labute approximate surface area is 179 Å². The second-order valence-electron chi connectivity index (χ2n) is 6.72. The first-order valence-corrected chi connectivity index (χ1v) is 9.37. The number of guanidine groups is 1. The number of anilines is 1. The Kier molecular flexibility index (Phi) is 9.03. The summed E-state index contributed by atoms with van der Waals surface area (Å²) < 4.78 is 0. The van der Waals surface area contributed by atoms with Gasteiger partial charge in [0.05, 0.1) is 6.54 Å². The van der Waals surface area contributed by atoms with Crippen LogP contribution in [-0.2, 0) is 13.1 Å². The molecule has 0 atom stereocenters. The summed E-state index contributed by atoms with van der Waals surface area (Å²) in [4.78, 5) is 9.45. The van der Waals surface area contributed by atoms with Crippen molar-refractivity contribution in [2.45, 2.75) is 20.0 Å². The maximum absolute atomic E-state index is 5.96. The van der Waals surface area contributed by atoms with Crippen molar-refractivity contribution >= 4 is 35.6 Å². The second kappa shape index (κ2) is 11.3. The van der Waals surface area contributed by atoms with Crippen LogP contribution < -0.4 is 11.1 Å². The number of nitrogens with two attached hydrogens (primary N) is 1. The van der Waals surface area contributed by atoms with Gasteiger partial charge in [0.15, 0.2) is 5.96 Å². The molecule has 1 heterocycles. The number of para-hydroxylation sites is 1. The summed E-state index contributed by atoms with van der Waals surface area (Å²) in [5.41, 5.74) is 9.44. The highest BCUT2D eigenvalue weighted by Gasteiger charge is 2.15. The highest BCUT2D eigenvalue weighted by molar-refractivity contribution is 14.0. The lowest BCUT2D eigenvalue weighted by atomic mass is 10.1. The smallest absolute Gasteiger partial charge is 0.193 e. The number of aliphatic imine (C=N–C) groups is 1. The van der Waals surface area contributed by atoms with Gasteiger partial charge in [-0.3, -0.25) is 4.90 Å². The lowest BCUT2D eigenvalue weighted by Gasteiger charge is -2.34. The maximum Gasteiger partial charge on any atom is 0.193 e. The van der Waals surface area contributed by atoms with Crippen LogP contribution in [0.15, 0.2) is 59.6 Å². The van der Waals surface area contributed by atoms with Gasteiger partial charge in [0.25, 0.3) is 0 Å². The van der Waals surface area contributed by atoms with E-state index in [-0.39, 0.29) is 24.0 Å². The highest BCUT2D eigenvalue weighted by Crippen LogP contribution is 2.11. The van der Waals surface area contributed by atoms with Crippen LogP contribution in [0, 0.1) is 0 Å². The standard InChI is InChI=1S/C21H29N5.HI/c1-2-25-12-14-26(15-13-25)17-19-10-8-18(9-11-19)16-23-21(22)24-20-6-4-3-5-7-20;/h3-11H,2,12-17H2,1H3,(H3,22,23,24);1H. The molecule has 3 N–H and O–H groups in total. The van der Waals surface area contributed by atoms with Crippen LogP contribution in [0.5, 0.6) is 0 Å². The Morgan fingerprint density at radius 1 is 0.926 bits per heavy atom. The largest absolute Gasteiger partial charge is 0.370 e. The van der Waals surface area contributed by atoms with Gasteiger partial charge >= 0.3 is 0 Å². The summed E-state index contributed by atoms with van der Waals surface area (Å²) >= 11 is 0. The predicted octanol–water partition coefficient (Wildman–Crippen LogP) is 3.37. The number of hydrogen-bond acceptors (Lipinski definition) is 3. The minimum absolute atomic E-state index is 0. The SMILES string of the molecule is CCN1CCN(Cc2ccc(CN=C(N)Nc3ccccc3)cc2)CC1.I. The van der Waals surface area contributed by atoms with Crippen LogP contribution in [0.2, 0.25) is 0 Å². The number of nitrogens with one attached hydrogen (secondary N) is 1. The van der Waals surface area contributed by atoms with Gasteiger partial charge in [0, 0.05) is 38.4 Å². The van der Waals surface area contributed by atoms with Crippen LogP contribution in [0.3, 0.4) is 0 Å². The quantitative estimate of drug-likeness (QED) is 0.379. The molecule has 1 fully saturated rings. The third kappa shape index (κ3) is 7.12. The van der Waals surface area contributed by atoms with Crippen LogP contribution in [-0.4, -0.2) is 48.5 Å². The van der Waals surface area contributed by atoms with Gasteiger partial charge in [0.2, 0.25) is 0 Å². The second-order valence-corrected chi connectivity index (χ2v) is 6.72. The van der Waals surface area contributed by atoms with E-state index in [1.54, 1.807) is 0 Å². The topological polar surface area (TPSA) is 56.9 Å². The fourth-order valence-electron chi connectivity index (χ4n) is 3.16. The van der Waals surface area contributed by atoms with Gasteiger partial charge in [-0.05, 0) is 29.8 Å². The van der Waals surface area contributed by atoms with Crippen LogP contribution in [0.25, 0.3) is 0 Å². The predicted molar refractivity (Wildman–Crippen MR) is 125 cm³/mol. The van der Waals surface area contributed by atoms with E-state index in [0.29, 0.717) is 12.5 Å². The Bertz CT molecular complexity index is 694. The van der Waals surface area contributed by atoms with Gasteiger partial charge < -0.3 is 16.0 Å². The van der Waals surface area contributed by atoms with E-state index in [1.807, 2.05) is 30.3 Å². The fraction of sp³-hybridized carbons (Fsp3) is 0.381. The first-order valence-electron chi connectivity index (χ1n) is 9.37. The molecule has 0 aliphatic carbocycles. The van der Waals surface area contributed by atoms with Gasteiger partial charge in [-0.15, -0.1) is 24.0 Å². The number of likely N-dealkylation sites (N-methyl/N-ethyl adjacent to an activating group) is 1. The van der Waals surface area contributed by atoms with E-state index in [2.05, 4.69) is 51.3 Å². The summed E-state index contributed by atoms with van der Waals surface area (Å²) in [7, 11) is 0. The summed E-state index contributed by atoms with van der Waals surface area (Å²) in [6, 6.07) is 18.6. The van der Waals surface area contributed by atoms with Crippen molar-refractivity contribution in [3.05, 3.63) is 65.7 Å². The number of rotatable bonds is 6. The number of piperazine rings is 1. The van der Waals surface area contributed by atoms with E-state index >= 15 is 0 Å². The molecule has 3 rings (SSSR count). The summed E-state index contributed by atoms with van der Waals surface area (Å²) in [5.74, 6) is 0.439. The molecule has 5 nitrogen and oxygen atoms in total. The van der Waals surface area contributed by atoms with Crippen LogP contribution >= 0.6 is 24.0 Å². The van der Waals surface area contributed by atoms with Crippen molar-refractivity contribution in [1.82, 2.24) is 9.80 Å². The third-order valence-corrected chi connectivity index (χ3v) is 4.82. The van der Waals surface area contributed by atoms with Crippen molar-refractivity contribution in [2.24, 2.45) is 10.7 Å². The minimum Gasteiger partial charge on any atom is -0.370 e. The Hall–Kier alpha value is -1.64. The van der Waals surface area contributed by atoms with Crippen molar-refractivity contribution in [3.63, 3.8) is 0 Å². The number of hydrogen-bond donors (Lipinski definition) is 2. The molecule has 0 bridgehead atoms. The molecule has 0 radical (unpaired) electrons. The van der Waals surface area contributed by atoms with E-state index in [1.165, 1.54) is 24.2 Å². The molecule has 0 unspecified atom stereocenters. The zero-order chi connectivity index (χ0) is 18.2. The molecule has 0 spiro atoms. The van der Waals surface area contributed by atoms with Gasteiger partial charge in [-0.2, -0.15) is 0 Å². The van der Waals surface area contributed by atoms with Crippen molar-refractivity contribution in [1.29, 1.82) is 0 Å². The van der Waals surface area contributed by atoms with E-state index in [0.717, 1.165) is 31.9 Å². The van der Waals surface area contributed by atoms with Crippen LogP contribution in [0.1, 0.15) is 18.1 Å². The van der Waals surface area contributed by atoms with Crippen molar-refractivity contribution in [3.8, 4) is 0 Å². The van der Waals surface area contributed by atoms with E-state index in [9.17, 15) is 0 Å². The lowest BCUT2D eigenvalue weighted by molar-refractivity contribution is 0.132. The van der Waals surface area contributed by atoms with Crippen LogP contribution in [0.4, 0.5) is 5.69 Å². The molecule has 146 valence electrons. The number of halogens is 1. The van der Waals surface area contributed by atoms with Gasteiger partial charge in [-0.25, -0.2) is 4.99 Å². The first kappa shape index (κ1) is 21.7. The zero-order valence-electron chi connectivity index (χ0n) is 16.0. The Morgan fingerprint density at radius 2 is 1.52 bits per heavy atom. The zero-order valence-corrected chi connectivity index (χ0v) is 18.3. The van der Waals surface area contributed by atoms with E-state index < -0.39 is 0 Å². The number of benzene rings is 2. The Morgan fingerprint density at radius 3 is 2.15 bits per heavy atom. The molecular formula is C21H30IN5. The average molecular weight is 479 g/mol.